The van der Waals surface area contributed by atoms with Crippen LogP contribution >= 0.6 is 0 Å². The van der Waals surface area contributed by atoms with E-state index in [-0.39, 0.29) is 18.0 Å². The van der Waals surface area contributed by atoms with Crippen molar-refractivity contribution in [3.8, 4) is 5.75 Å². The molecule has 2 atom stereocenters. The fourth-order valence-corrected chi connectivity index (χ4v) is 4.49. The van der Waals surface area contributed by atoms with E-state index >= 15 is 0 Å². The third-order valence-electron chi connectivity index (χ3n) is 6.43. The number of ketones is 2. The lowest BCUT2D eigenvalue weighted by Crippen LogP contribution is -2.46. The van der Waals surface area contributed by atoms with E-state index in [1.807, 2.05) is 45.0 Å². The molecule has 3 aromatic rings. The molecule has 2 aromatic heterocycles. The van der Waals surface area contributed by atoms with Crippen LogP contribution in [0.3, 0.4) is 0 Å². The van der Waals surface area contributed by atoms with Crippen molar-refractivity contribution < 1.29 is 24.2 Å². The second-order valence-corrected chi connectivity index (χ2v) is 9.74. The molecule has 6 heteroatoms. The molecule has 0 saturated heterocycles. The van der Waals surface area contributed by atoms with Crippen molar-refractivity contribution in [3.05, 3.63) is 71.5 Å². The first-order valence-corrected chi connectivity index (χ1v) is 11.0. The van der Waals surface area contributed by atoms with E-state index in [9.17, 15) is 19.5 Å². The molecule has 0 bridgehead atoms. The maximum absolute atomic E-state index is 13.9. The summed E-state index contributed by atoms with van der Waals surface area (Å²) < 4.78 is 6.99. The molecule has 2 heterocycles. The maximum Gasteiger partial charge on any atom is 0.303 e. The van der Waals surface area contributed by atoms with Gasteiger partial charge in [0.05, 0.1) is 18.2 Å². The molecule has 33 heavy (non-hydrogen) atoms. The number of nitrogens with zero attached hydrogens (tertiary/aromatic N) is 1. The van der Waals surface area contributed by atoms with Crippen LogP contribution in [0, 0.1) is 11.3 Å². The number of hydrogen-bond donors (Lipinski definition) is 1. The van der Waals surface area contributed by atoms with Gasteiger partial charge < -0.3 is 14.2 Å². The van der Waals surface area contributed by atoms with Crippen molar-refractivity contribution in [2.24, 2.45) is 11.3 Å². The van der Waals surface area contributed by atoms with Gasteiger partial charge in [-0.2, -0.15) is 0 Å². The zero-order valence-electron chi connectivity index (χ0n) is 20.0. The molecule has 2 unspecified atom stereocenters. The van der Waals surface area contributed by atoms with Crippen LogP contribution in [0.4, 0.5) is 0 Å². The normalized spacial score (nSPS) is 14.5. The first kappa shape index (κ1) is 24.2. The van der Waals surface area contributed by atoms with E-state index in [1.165, 1.54) is 0 Å². The summed E-state index contributed by atoms with van der Waals surface area (Å²) >= 11 is 0. The van der Waals surface area contributed by atoms with Crippen molar-refractivity contribution in [2.45, 2.75) is 46.5 Å². The van der Waals surface area contributed by atoms with Gasteiger partial charge in [-0.3, -0.25) is 14.4 Å². The number of aliphatic carboxylic acids is 1. The molecule has 1 N–H and O–H groups in total. The Bertz CT molecular complexity index is 1200. The minimum Gasteiger partial charge on any atom is -0.497 e. The van der Waals surface area contributed by atoms with Crippen LogP contribution in [-0.2, 0) is 15.0 Å². The number of pyridine rings is 1. The number of ether oxygens (including phenoxy) is 1. The smallest absolute Gasteiger partial charge is 0.303 e. The number of rotatable bonds is 8. The van der Waals surface area contributed by atoms with E-state index in [0.717, 1.165) is 5.52 Å². The Labute approximate surface area is 194 Å². The summed E-state index contributed by atoms with van der Waals surface area (Å²) in [5, 5.41) is 9.53. The number of carbonyl (C=O) groups is 3. The quantitative estimate of drug-likeness (QED) is 0.480. The van der Waals surface area contributed by atoms with Crippen LogP contribution in [0.2, 0.25) is 0 Å². The summed E-state index contributed by atoms with van der Waals surface area (Å²) in [6, 6.07) is 14.2. The molecule has 6 nitrogen and oxygen atoms in total. The van der Waals surface area contributed by atoms with Crippen LogP contribution in [0.15, 0.2) is 54.7 Å². The van der Waals surface area contributed by atoms with E-state index < -0.39 is 22.7 Å². The summed E-state index contributed by atoms with van der Waals surface area (Å²) in [7, 11) is 1.56. The molecule has 3 rings (SSSR count). The summed E-state index contributed by atoms with van der Waals surface area (Å²) in [4.78, 5) is 39.3. The monoisotopic (exact) mass is 449 g/mol. The number of Topliss-reactive ketones (excluding diaryl/α,β-unsaturated/α-hetero) is 1. The Morgan fingerprint density at radius 1 is 1.03 bits per heavy atom. The van der Waals surface area contributed by atoms with Crippen LogP contribution in [0.25, 0.3) is 5.52 Å². The van der Waals surface area contributed by atoms with Gasteiger partial charge in [-0.25, -0.2) is 0 Å². The first-order valence-electron chi connectivity index (χ1n) is 11.0. The van der Waals surface area contributed by atoms with E-state index in [4.69, 9.17) is 4.74 Å². The summed E-state index contributed by atoms with van der Waals surface area (Å²) in [6.45, 7) is 9.00. The van der Waals surface area contributed by atoms with Crippen molar-refractivity contribution in [2.75, 3.05) is 7.11 Å². The number of carboxylic acid groups (broad SMARTS) is 1. The molecule has 0 saturated carbocycles. The lowest BCUT2D eigenvalue weighted by molar-refractivity contribution is -0.140. The number of benzene rings is 1. The highest BCUT2D eigenvalue weighted by Gasteiger charge is 2.48. The molecular formula is C27H31NO5. The van der Waals surface area contributed by atoms with Gasteiger partial charge in [0.15, 0.2) is 0 Å². The van der Waals surface area contributed by atoms with Gasteiger partial charge in [-0.1, -0.05) is 33.8 Å². The van der Waals surface area contributed by atoms with E-state index in [0.29, 0.717) is 22.6 Å². The number of carboxylic acids is 1. The zero-order valence-corrected chi connectivity index (χ0v) is 20.0. The number of fused-ring (bicyclic) bond motifs is 1. The predicted molar refractivity (Wildman–Crippen MR) is 127 cm³/mol. The van der Waals surface area contributed by atoms with Crippen molar-refractivity contribution in [3.63, 3.8) is 0 Å². The van der Waals surface area contributed by atoms with E-state index in [1.54, 1.807) is 55.8 Å². The summed E-state index contributed by atoms with van der Waals surface area (Å²) in [5.74, 6) is -1.24. The topological polar surface area (TPSA) is 85.1 Å². The minimum absolute atomic E-state index is 0.108. The number of aromatic nitrogens is 1. The van der Waals surface area contributed by atoms with Crippen molar-refractivity contribution in [1.82, 2.24) is 4.40 Å². The lowest BCUT2D eigenvalue weighted by atomic mass is 9.62. The van der Waals surface area contributed by atoms with Crippen molar-refractivity contribution >= 4 is 23.1 Å². The van der Waals surface area contributed by atoms with Gasteiger partial charge in [0.1, 0.15) is 11.5 Å². The van der Waals surface area contributed by atoms with Gasteiger partial charge in [-0.05, 0) is 60.9 Å². The molecule has 174 valence electrons. The molecule has 0 radical (unpaired) electrons. The van der Waals surface area contributed by atoms with Crippen molar-refractivity contribution in [1.29, 1.82) is 0 Å². The van der Waals surface area contributed by atoms with Gasteiger partial charge >= 0.3 is 5.97 Å². The van der Waals surface area contributed by atoms with E-state index in [2.05, 4.69) is 0 Å². The maximum atomic E-state index is 13.9. The highest BCUT2D eigenvalue weighted by atomic mass is 16.5. The van der Waals surface area contributed by atoms with Gasteiger partial charge in [0.25, 0.3) is 0 Å². The molecule has 0 aliphatic rings. The van der Waals surface area contributed by atoms with Crippen LogP contribution in [0.5, 0.6) is 5.75 Å². The number of hydrogen-bond acceptors (Lipinski definition) is 4. The average molecular weight is 450 g/mol. The Morgan fingerprint density at radius 3 is 2.21 bits per heavy atom. The third kappa shape index (κ3) is 4.42. The Balaban J connectivity index is 2.32. The number of methoxy groups -OCH3 is 1. The van der Waals surface area contributed by atoms with Crippen LogP contribution < -0.4 is 4.74 Å². The molecule has 0 aliphatic heterocycles. The summed E-state index contributed by atoms with van der Waals surface area (Å²) in [6.07, 6.45) is 1.60. The first-order chi connectivity index (χ1) is 15.4. The van der Waals surface area contributed by atoms with Crippen LogP contribution in [0.1, 0.15) is 62.7 Å². The second kappa shape index (κ2) is 8.85. The Kier molecular flexibility index (Phi) is 6.50. The standard InChI is InChI=1S/C27H31NO5/c1-17(15-22(29)30)27(5,25(32)26(2,3)4)21-16-19-9-7-8-14-28(19)23(21)24(31)18-10-12-20(33-6)13-11-18/h7-14,16-17H,15H2,1-6H3,(H,29,30). The lowest BCUT2D eigenvalue weighted by Gasteiger charge is -2.39. The molecule has 0 amide bonds. The molecule has 0 fully saturated rings. The SMILES string of the molecule is COc1ccc(C(=O)c2c(C(C)(C(=O)C(C)(C)C)C(C)CC(=O)O)cc3ccccn23)cc1. The van der Waals surface area contributed by atoms with Gasteiger partial charge in [-0.15, -0.1) is 0 Å². The highest BCUT2D eigenvalue weighted by Crippen LogP contribution is 2.43. The zero-order chi connectivity index (χ0) is 24.6. The minimum atomic E-state index is -1.19. The summed E-state index contributed by atoms with van der Waals surface area (Å²) in [5.41, 5.74) is 0.199. The van der Waals surface area contributed by atoms with Gasteiger partial charge in [0.2, 0.25) is 5.78 Å². The molecule has 0 aliphatic carbocycles. The second-order valence-electron chi connectivity index (χ2n) is 9.74. The highest BCUT2D eigenvalue weighted by molar-refractivity contribution is 6.11. The Morgan fingerprint density at radius 2 is 1.67 bits per heavy atom. The largest absolute Gasteiger partial charge is 0.497 e. The third-order valence-corrected chi connectivity index (χ3v) is 6.43. The number of carbonyl (C=O) groups excluding carboxylic acids is 2. The molecule has 0 spiro atoms. The molecular weight excluding hydrogens is 418 g/mol. The average Bonchev–Trinajstić information content (AvgIpc) is 3.16. The predicted octanol–water partition coefficient (Wildman–Crippen LogP) is 5.16. The fraction of sp³-hybridized carbons (Fsp3) is 0.370. The molecule has 1 aromatic carbocycles. The Hall–Kier alpha value is -3.41. The van der Waals surface area contributed by atoms with Gasteiger partial charge in [0, 0.05) is 29.1 Å². The fourth-order valence-electron chi connectivity index (χ4n) is 4.49. The van der Waals surface area contributed by atoms with Crippen LogP contribution in [-0.4, -0.2) is 34.2 Å².